The Kier molecular flexibility index (Phi) is 3.56. The molecule has 0 radical (unpaired) electrons. The van der Waals surface area contributed by atoms with Crippen molar-refractivity contribution < 1.29 is 18.3 Å². The second-order valence-electron chi connectivity index (χ2n) is 3.21. The number of hydrogen-bond donors (Lipinski definition) is 0. The number of benzene rings is 1. The van der Waals surface area contributed by atoms with Crippen LogP contribution in [-0.2, 0) is 0 Å². The van der Waals surface area contributed by atoms with Gasteiger partial charge in [0.25, 0.3) is 0 Å². The van der Waals surface area contributed by atoms with E-state index < -0.39 is 6.61 Å². The molecule has 1 aromatic rings. The molecular weight excluding hydrogens is 216 g/mol. The van der Waals surface area contributed by atoms with Gasteiger partial charge < -0.3 is 4.74 Å². The number of nitriles is 1. The van der Waals surface area contributed by atoms with Gasteiger partial charge in [-0.15, -0.1) is 0 Å². The number of alkyl halides is 2. The van der Waals surface area contributed by atoms with Gasteiger partial charge in [-0.2, -0.15) is 14.0 Å². The third kappa shape index (κ3) is 2.54. The number of ketones is 1. The minimum Gasteiger partial charge on any atom is -0.435 e. The van der Waals surface area contributed by atoms with E-state index in [1.807, 2.05) is 6.07 Å². The van der Waals surface area contributed by atoms with Crippen LogP contribution in [0.2, 0.25) is 0 Å². The van der Waals surface area contributed by atoms with Gasteiger partial charge in [-0.1, -0.05) is 0 Å². The monoisotopic (exact) mass is 225 g/mol. The Morgan fingerprint density at radius 1 is 1.50 bits per heavy atom. The summed E-state index contributed by atoms with van der Waals surface area (Å²) in [5.41, 5.74) is 0.720. The van der Waals surface area contributed by atoms with Crippen LogP contribution in [0.1, 0.15) is 28.4 Å². The van der Waals surface area contributed by atoms with Crippen LogP contribution >= 0.6 is 0 Å². The predicted molar refractivity (Wildman–Crippen MR) is 52.5 cm³/mol. The Morgan fingerprint density at radius 3 is 2.56 bits per heavy atom. The van der Waals surface area contributed by atoms with E-state index in [2.05, 4.69) is 4.74 Å². The van der Waals surface area contributed by atoms with Crippen LogP contribution in [0.25, 0.3) is 0 Å². The number of carbonyl (C=O) groups excluding carboxylic acids is 1. The Bertz CT molecular complexity index is 464. The maximum absolute atomic E-state index is 12.0. The zero-order chi connectivity index (χ0) is 12.3. The zero-order valence-electron chi connectivity index (χ0n) is 8.75. The number of hydrogen-bond acceptors (Lipinski definition) is 3. The number of nitrogens with zero attached hydrogens (tertiary/aromatic N) is 1. The number of carbonyl (C=O) groups is 1. The molecule has 0 spiro atoms. The van der Waals surface area contributed by atoms with Crippen molar-refractivity contribution >= 4 is 5.78 Å². The normalized spacial score (nSPS) is 10.0. The highest BCUT2D eigenvalue weighted by molar-refractivity contribution is 5.97. The van der Waals surface area contributed by atoms with Gasteiger partial charge in [0.05, 0.1) is 5.56 Å². The van der Waals surface area contributed by atoms with E-state index in [-0.39, 0.29) is 22.7 Å². The number of halogens is 2. The van der Waals surface area contributed by atoms with Gasteiger partial charge in [-0.3, -0.25) is 4.79 Å². The molecule has 5 heteroatoms. The average molecular weight is 225 g/mol. The molecule has 0 bridgehead atoms. The second kappa shape index (κ2) is 4.71. The summed E-state index contributed by atoms with van der Waals surface area (Å²) in [4.78, 5) is 11.2. The molecule has 0 aromatic heterocycles. The molecule has 0 heterocycles. The highest BCUT2D eigenvalue weighted by Crippen LogP contribution is 2.23. The van der Waals surface area contributed by atoms with Gasteiger partial charge in [0.2, 0.25) is 0 Å². The van der Waals surface area contributed by atoms with Gasteiger partial charge in [-0.05, 0) is 31.5 Å². The third-order valence-corrected chi connectivity index (χ3v) is 2.03. The average Bonchev–Trinajstić information content (AvgIpc) is 2.15. The molecule has 0 saturated carbocycles. The molecule has 0 aliphatic heterocycles. The summed E-state index contributed by atoms with van der Waals surface area (Å²) < 4.78 is 28.2. The summed E-state index contributed by atoms with van der Waals surface area (Å²) in [5, 5.41) is 8.83. The maximum Gasteiger partial charge on any atom is 0.387 e. The van der Waals surface area contributed by atoms with E-state index >= 15 is 0 Å². The Labute approximate surface area is 91.3 Å². The molecule has 1 aromatic carbocycles. The highest BCUT2D eigenvalue weighted by atomic mass is 19.3. The smallest absolute Gasteiger partial charge is 0.387 e. The first kappa shape index (κ1) is 12.1. The van der Waals surface area contributed by atoms with E-state index in [0.29, 0.717) is 5.56 Å². The molecule has 0 amide bonds. The Hall–Kier alpha value is -1.96. The minimum absolute atomic E-state index is 0.0955. The zero-order valence-corrected chi connectivity index (χ0v) is 8.75. The first-order valence-corrected chi connectivity index (χ1v) is 4.46. The fraction of sp³-hybridized carbons (Fsp3) is 0.273. The predicted octanol–water partition coefficient (Wildman–Crippen LogP) is 2.67. The number of aryl methyl sites for hydroxylation is 1. The molecule has 0 aliphatic carbocycles. The molecule has 0 fully saturated rings. The van der Waals surface area contributed by atoms with Gasteiger partial charge in [0, 0.05) is 5.56 Å². The molecular formula is C11H9F2NO2. The van der Waals surface area contributed by atoms with Crippen molar-refractivity contribution in [2.45, 2.75) is 20.5 Å². The first-order chi connectivity index (χ1) is 7.45. The van der Waals surface area contributed by atoms with Crippen LogP contribution in [-0.4, -0.2) is 12.4 Å². The van der Waals surface area contributed by atoms with E-state index in [0.717, 1.165) is 6.07 Å². The fourth-order valence-electron chi connectivity index (χ4n) is 1.35. The van der Waals surface area contributed by atoms with Crippen molar-refractivity contribution in [2.24, 2.45) is 0 Å². The Morgan fingerprint density at radius 2 is 2.12 bits per heavy atom. The first-order valence-electron chi connectivity index (χ1n) is 4.46. The topological polar surface area (TPSA) is 50.1 Å². The highest BCUT2D eigenvalue weighted by Gasteiger charge is 2.14. The van der Waals surface area contributed by atoms with E-state index in [9.17, 15) is 13.6 Å². The van der Waals surface area contributed by atoms with Crippen molar-refractivity contribution in [1.29, 1.82) is 5.26 Å². The van der Waals surface area contributed by atoms with Crippen LogP contribution in [0, 0.1) is 18.3 Å². The van der Waals surface area contributed by atoms with Gasteiger partial charge in [0.15, 0.2) is 5.78 Å². The molecule has 0 N–H and O–H groups in total. The Balaban J connectivity index is 3.29. The number of rotatable bonds is 3. The van der Waals surface area contributed by atoms with Crippen LogP contribution in [0.3, 0.4) is 0 Å². The van der Waals surface area contributed by atoms with Crippen LogP contribution in [0.4, 0.5) is 8.78 Å². The largest absolute Gasteiger partial charge is 0.435 e. The maximum atomic E-state index is 12.0. The summed E-state index contributed by atoms with van der Waals surface area (Å²) in [5.74, 6) is -0.476. The lowest BCUT2D eigenvalue weighted by molar-refractivity contribution is -0.0499. The standard InChI is InChI=1S/C11H9F2NO2/c1-6-3-8(16-11(12)13)4-9(7(2)15)10(6)5-14/h3-4,11H,1-2H3. The molecule has 0 aliphatic rings. The molecule has 84 valence electrons. The number of ether oxygens (including phenoxy) is 1. The van der Waals surface area contributed by atoms with Crippen LogP contribution in [0.5, 0.6) is 5.75 Å². The minimum atomic E-state index is -2.95. The summed E-state index contributed by atoms with van der Waals surface area (Å²) in [6.07, 6.45) is 0. The summed E-state index contributed by atoms with van der Waals surface area (Å²) in [6.45, 7) is -0.127. The lowest BCUT2D eigenvalue weighted by atomic mass is 10.00. The summed E-state index contributed by atoms with van der Waals surface area (Å²) in [7, 11) is 0. The SMILES string of the molecule is CC(=O)c1cc(OC(F)F)cc(C)c1C#N. The van der Waals surface area contributed by atoms with Gasteiger partial charge >= 0.3 is 6.61 Å². The van der Waals surface area contributed by atoms with Crippen molar-refractivity contribution in [3.8, 4) is 11.8 Å². The van der Waals surface area contributed by atoms with Crippen molar-refractivity contribution in [1.82, 2.24) is 0 Å². The van der Waals surface area contributed by atoms with Crippen LogP contribution < -0.4 is 4.74 Å². The lowest BCUT2D eigenvalue weighted by Gasteiger charge is -2.09. The van der Waals surface area contributed by atoms with Gasteiger partial charge in [0.1, 0.15) is 11.8 Å². The molecule has 3 nitrogen and oxygen atoms in total. The van der Waals surface area contributed by atoms with Crippen LogP contribution in [0.15, 0.2) is 12.1 Å². The van der Waals surface area contributed by atoms with E-state index in [1.165, 1.54) is 13.0 Å². The summed E-state index contributed by atoms with van der Waals surface area (Å²) >= 11 is 0. The second-order valence-corrected chi connectivity index (χ2v) is 3.21. The molecule has 0 atom stereocenters. The molecule has 0 saturated heterocycles. The number of Topliss-reactive ketones (excluding diaryl/α,β-unsaturated/α-hetero) is 1. The lowest BCUT2D eigenvalue weighted by Crippen LogP contribution is -2.05. The van der Waals surface area contributed by atoms with Crippen molar-refractivity contribution in [3.05, 3.63) is 28.8 Å². The fourth-order valence-corrected chi connectivity index (χ4v) is 1.35. The third-order valence-electron chi connectivity index (χ3n) is 2.03. The van der Waals surface area contributed by atoms with Crippen molar-refractivity contribution in [2.75, 3.05) is 0 Å². The summed E-state index contributed by atoms with van der Waals surface area (Å²) in [6, 6.07) is 4.32. The molecule has 16 heavy (non-hydrogen) atoms. The van der Waals surface area contributed by atoms with E-state index in [4.69, 9.17) is 5.26 Å². The molecule has 0 unspecified atom stereocenters. The van der Waals surface area contributed by atoms with Crippen molar-refractivity contribution in [3.63, 3.8) is 0 Å². The quantitative estimate of drug-likeness (QED) is 0.743. The molecule has 1 rings (SSSR count). The van der Waals surface area contributed by atoms with Gasteiger partial charge in [-0.25, -0.2) is 0 Å². The van der Waals surface area contributed by atoms with E-state index in [1.54, 1.807) is 6.92 Å².